The molecule has 1 aliphatic rings. The summed E-state index contributed by atoms with van der Waals surface area (Å²) in [5.74, 6) is -0.510. The number of alkyl halides is 3. The third-order valence-corrected chi connectivity index (χ3v) is 3.92. The fraction of sp³-hybridized carbons (Fsp3) is 0.278. The number of hydrogen-bond acceptors (Lipinski definition) is 2. The van der Waals surface area contributed by atoms with Crippen molar-refractivity contribution in [2.75, 3.05) is 0 Å². The molecule has 0 aromatic heterocycles. The summed E-state index contributed by atoms with van der Waals surface area (Å²) < 4.78 is 44.2. The average molecular weight is 336 g/mol. The Morgan fingerprint density at radius 3 is 2.54 bits per heavy atom. The quantitative estimate of drug-likeness (QED) is 0.848. The predicted molar refractivity (Wildman–Crippen MR) is 81.2 cm³/mol. The maximum Gasteiger partial charge on any atom is 0.416 e. The highest BCUT2D eigenvalue weighted by Crippen LogP contribution is 2.46. The highest BCUT2D eigenvalue weighted by Gasteiger charge is 2.34. The van der Waals surface area contributed by atoms with E-state index in [4.69, 9.17) is 9.84 Å². The largest absolute Gasteiger partial charge is 0.489 e. The molecule has 2 aromatic carbocycles. The molecule has 1 aliphatic carbocycles. The first kappa shape index (κ1) is 16.4. The Morgan fingerprint density at radius 2 is 1.92 bits per heavy atom. The van der Waals surface area contributed by atoms with Gasteiger partial charge < -0.3 is 9.84 Å². The van der Waals surface area contributed by atoms with E-state index >= 15 is 0 Å². The molecule has 2 aromatic rings. The molecule has 3 rings (SSSR count). The van der Waals surface area contributed by atoms with Gasteiger partial charge in [0, 0.05) is 0 Å². The first-order valence-electron chi connectivity index (χ1n) is 7.51. The summed E-state index contributed by atoms with van der Waals surface area (Å²) in [6.45, 7) is 0.103. The van der Waals surface area contributed by atoms with Crippen LogP contribution < -0.4 is 4.74 Å². The summed E-state index contributed by atoms with van der Waals surface area (Å²) in [5, 5.41) is 8.98. The molecule has 0 aliphatic heterocycles. The number of aromatic carboxylic acids is 1. The molecular formula is C18H15F3O3. The summed E-state index contributed by atoms with van der Waals surface area (Å²) in [4.78, 5) is 11.0. The van der Waals surface area contributed by atoms with Gasteiger partial charge in [0.1, 0.15) is 12.4 Å². The van der Waals surface area contributed by atoms with E-state index in [9.17, 15) is 18.0 Å². The highest BCUT2D eigenvalue weighted by atomic mass is 19.4. The van der Waals surface area contributed by atoms with Crippen molar-refractivity contribution < 1.29 is 27.8 Å². The van der Waals surface area contributed by atoms with Crippen LogP contribution >= 0.6 is 0 Å². The molecule has 1 N–H and O–H groups in total. The minimum absolute atomic E-state index is 0.103. The number of rotatable bonds is 5. The zero-order valence-electron chi connectivity index (χ0n) is 12.6. The standard InChI is InChI=1S/C18H15F3O3/c19-18(20,21)14-6-7-16(15(9-14)12-4-5-12)24-10-11-2-1-3-13(8-11)17(22)23/h1-3,6-9,12H,4-5,10H2,(H,22,23). The Hall–Kier alpha value is -2.50. The van der Waals surface area contributed by atoms with Gasteiger partial charge in [0.15, 0.2) is 0 Å². The van der Waals surface area contributed by atoms with E-state index in [1.54, 1.807) is 12.1 Å². The molecule has 0 unspecified atom stereocenters. The van der Waals surface area contributed by atoms with Crippen molar-refractivity contribution in [1.29, 1.82) is 0 Å². The zero-order chi connectivity index (χ0) is 17.3. The van der Waals surface area contributed by atoms with Crippen molar-refractivity contribution in [2.24, 2.45) is 0 Å². The number of halogens is 3. The Labute approximate surface area is 136 Å². The van der Waals surface area contributed by atoms with Crippen LogP contribution in [-0.2, 0) is 12.8 Å². The van der Waals surface area contributed by atoms with Crippen molar-refractivity contribution in [3.8, 4) is 5.75 Å². The van der Waals surface area contributed by atoms with E-state index in [0.29, 0.717) is 16.9 Å². The summed E-state index contributed by atoms with van der Waals surface area (Å²) in [5.41, 5.74) is 0.686. The van der Waals surface area contributed by atoms with Crippen LogP contribution in [0.2, 0.25) is 0 Å². The number of carbonyl (C=O) groups is 1. The Balaban J connectivity index is 1.80. The molecule has 0 heterocycles. The van der Waals surface area contributed by atoms with Crippen LogP contribution in [0.1, 0.15) is 45.8 Å². The molecule has 1 fully saturated rings. The Bertz CT molecular complexity index is 764. The topological polar surface area (TPSA) is 46.5 Å². The normalized spacial score (nSPS) is 14.5. The SMILES string of the molecule is O=C(O)c1cccc(COc2ccc(C(F)(F)F)cc2C2CC2)c1. The average Bonchev–Trinajstić information content (AvgIpc) is 3.37. The number of hydrogen-bond donors (Lipinski definition) is 1. The van der Waals surface area contributed by atoms with Gasteiger partial charge in [-0.05, 0) is 60.2 Å². The fourth-order valence-corrected chi connectivity index (χ4v) is 2.52. The van der Waals surface area contributed by atoms with Crippen molar-refractivity contribution in [3.63, 3.8) is 0 Å². The molecular weight excluding hydrogens is 321 g/mol. The van der Waals surface area contributed by atoms with Gasteiger partial charge in [0.25, 0.3) is 0 Å². The first-order chi connectivity index (χ1) is 11.3. The molecule has 0 amide bonds. The Kier molecular flexibility index (Phi) is 4.22. The predicted octanol–water partition coefficient (Wildman–Crippen LogP) is 4.86. The van der Waals surface area contributed by atoms with Gasteiger partial charge in [-0.1, -0.05) is 12.1 Å². The van der Waals surface area contributed by atoms with Crippen LogP contribution in [0, 0.1) is 0 Å². The number of ether oxygens (including phenoxy) is 1. The van der Waals surface area contributed by atoms with Gasteiger partial charge in [-0.25, -0.2) is 4.79 Å². The van der Waals surface area contributed by atoms with Crippen LogP contribution in [-0.4, -0.2) is 11.1 Å². The zero-order valence-corrected chi connectivity index (χ0v) is 12.6. The molecule has 0 atom stereocenters. The van der Waals surface area contributed by atoms with Crippen LogP contribution in [0.5, 0.6) is 5.75 Å². The van der Waals surface area contributed by atoms with Crippen molar-refractivity contribution in [3.05, 3.63) is 64.7 Å². The lowest BCUT2D eigenvalue weighted by Gasteiger charge is -2.14. The second-order valence-corrected chi connectivity index (χ2v) is 5.82. The van der Waals surface area contributed by atoms with E-state index < -0.39 is 17.7 Å². The number of carboxylic acid groups (broad SMARTS) is 1. The van der Waals surface area contributed by atoms with Gasteiger partial charge in [0.2, 0.25) is 0 Å². The lowest BCUT2D eigenvalue weighted by atomic mass is 10.1. The van der Waals surface area contributed by atoms with Crippen molar-refractivity contribution in [1.82, 2.24) is 0 Å². The highest BCUT2D eigenvalue weighted by molar-refractivity contribution is 5.87. The van der Waals surface area contributed by atoms with Gasteiger partial charge in [-0.15, -0.1) is 0 Å². The second kappa shape index (κ2) is 6.19. The number of benzene rings is 2. The molecule has 0 radical (unpaired) electrons. The summed E-state index contributed by atoms with van der Waals surface area (Å²) in [6.07, 6.45) is -2.67. The van der Waals surface area contributed by atoms with Crippen LogP contribution in [0.25, 0.3) is 0 Å². The van der Waals surface area contributed by atoms with E-state index in [1.807, 2.05) is 0 Å². The summed E-state index contributed by atoms with van der Waals surface area (Å²) in [7, 11) is 0. The third kappa shape index (κ3) is 3.69. The first-order valence-corrected chi connectivity index (χ1v) is 7.51. The van der Waals surface area contributed by atoms with Crippen molar-refractivity contribution in [2.45, 2.75) is 31.5 Å². The van der Waals surface area contributed by atoms with Gasteiger partial charge in [0.05, 0.1) is 11.1 Å². The minimum atomic E-state index is -4.38. The van der Waals surface area contributed by atoms with Crippen molar-refractivity contribution >= 4 is 5.97 Å². The molecule has 0 saturated heterocycles. The Morgan fingerprint density at radius 1 is 1.17 bits per heavy atom. The van der Waals surface area contributed by atoms with E-state index in [1.165, 1.54) is 18.2 Å². The second-order valence-electron chi connectivity index (χ2n) is 5.82. The summed E-state index contributed by atoms with van der Waals surface area (Å²) in [6, 6.07) is 9.79. The fourth-order valence-electron chi connectivity index (χ4n) is 2.52. The van der Waals surface area contributed by atoms with Gasteiger partial charge in [-0.3, -0.25) is 0 Å². The maximum atomic E-state index is 12.9. The molecule has 3 nitrogen and oxygen atoms in total. The molecule has 6 heteroatoms. The lowest BCUT2D eigenvalue weighted by molar-refractivity contribution is -0.137. The monoisotopic (exact) mass is 336 g/mol. The van der Waals surface area contributed by atoms with Gasteiger partial charge in [-0.2, -0.15) is 13.2 Å². The minimum Gasteiger partial charge on any atom is -0.489 e. The maximum absolute atomic E-state index is 12.9. The van der Waals surface area contributed by atoms with Crippen LogP contribution in [0.4, 0.5) is 13.2 Å². The van der Waals surface area contributed by atoms with Crippen LogP contribution in [0.15, 0.2) is 42.5 Å². The van der Waals surface area contributed by atoms with E-state index in [0.717, 1.165) is 25.0 Å². The molecule has 0 spiro atoms. The number of carboxylic acids is 1. The van der Waals surface area contributed by atoms with E-state index in [-0.39, 0.29) is 18.1 Å². The third-order valence-electron chi connectivity index (χ3n) is 3.92. The smallest absolute Gasteiger partial charge is 0.416 e. The summed E-state index contributed by atoms with van der Waals surface area (Å²) >= 11 is 0. The molecule has 0 bridgehead atoms. The van der Waals surface area contributed by atoms with Crippen LogP contribution in [0.3, 0.4) is 0 Å². The molecule has 126 valence electrons. The lowest BCUT2D eigenvalue weighted by Crippen LogP contribution is -2.07. The van der Waals surface area contributed by atoms with Gasteiger partial charge >= 0.3 is 12.1 Å². The molecule has 24 heavy (non-hydrogen) atoms. The van der Waals surface area contributed by atoms with E-state index in [2.05, 4.69) is 0 Å². The molecule has 1 saturated carbocycles.